The zero-order valence-electron chi connectivity index (χ0n) is 55.0. The minimum absolute atomic E-state index is 0.00935. The first kappa shape index (κ1) is 69.6. The van der Waals surface area contributed by atoms with Crippen molar-refractivity contribution in [1.82, 2.24) is 0 Å². The van der Waals surface area contributed by atoms with Crippen LogP contribution < -0.4 is 5.14 Å². The molecule has 11 saturated carbocycles. The Labute approximate surface area is 511 Å². The molecular formula is C66H111NO16S2. The zero-order chi connectivity index (χ0) is 63.4. The van der Waals surface area contributed by atoms with Gasteiger partial charge in [-0.1, -0.05) is 53.9 Å². The third-order valence-corrected chi connectivity index (χ3v) is 25.8. The number of hydrogen-bond acceptors (Lipinski definition) is 16. The van der Waals surface area contributed by atoms with Gasteiger partial charge >= 0.3 is 40.2 Å². The normalized spacial score (nSPS) is 34.7. The zero-order valence-corrected chi connectivity index (χ0v) is 56.6. The summed E-state index contributed by atoms with van der Waals surface area (Å²) >= 11 is 0. The van der Waals surface area contributed by atoms with Crippen LogP contribution in [0.3, 0.4) is 0 Å². The molecule has 0 aromatic heterocycles. The highest BCUT2D eigenvalue weighted by atomic mass is 32.2. The Morgan fingerprint density at radius 1 is 0.565 bits per heavy atom. The number of carbonyl (C=O) groups is 5. The van der Waals surface area contributed by atoms with Gasteiger partial charge in [0.2, 0.25) is 0 Å². The molecule has 10 bridgehead atoms. The van der Waals surface area contributed by atoms with Crippen LogP contribution in [0.1, 0.15) is 265 Å². The molecule has 1 heterocycles. The van der Waals surface area contributed by atoms with Gasteiger partial charge in [-0.15, -0.1) is 0 Å². The van der Waals surface area contributed by atoms with Gasteiger partial charge in [-0.3, -0.25) is 27.5 Å². The smallest absolute Gasteiger partial charge is 0.344 e. The highest BCUT2D eigenvalue weighted by Crippen LogP contribution is 2.66. The minimum atomic E-state index is -4.02. The molecular weight excluding hydrogens is 1130 g/mol. The number of esters is 5. The van der Waals surface area contributed by atoms with E-state index in [4.69, 9.17) is 37.2 Å². The van der Waals surface area contributed by atoms with E-state index >= 15 is 0 Å². The first-order chi connectivity index (χ1) is 39.1. The van der Waals surface area contributed by atoms with Crippen molar-refractivity contribution < 1.29 is 72.9 Å². The van der Waals surface area contributed by atoms with Crippen LogP contribution in [-0.4, -0.2) is 93.2 Å². The second-order valence-corrected chi connectivity index (χ2v) is 34.7. The van der Waals surface area contributed by atoms with Gasteiger partial charge in [0.1, 0.15) is 29.0 Å². The monoisotopic (exact) mass is 1240 g/mol. The fourth-order valence-corrected chi connectivity index (χ4v) is 19.5. The molecule has 0 aromatic carbocycles. The number of carbonyl (C=O) groups excluding carboxylic acids is 5. The molecule has 12 fully saturated rings. The van der Waals surface area contributed by atoms with E-state index in [0.29, 0.717) is 62.7 Å². The Bertz CT molecular complexity index is 2600. The maximum absolute atomic E-state index is 12.7. The fourth-order valence-electron chi connectivity index (χ4n) is 16.9. The molecule has 0 radical (unpaired) electrons. The molecule has 1 aliphatic heterocycles. The lowest BCUT2D eigenvalue weighted by molar-refractivity contribution is -0.219. The van der Waals surface area contributed by atoms with Gasteiger partial charge in [0, 0.05) is 23.7 Å². The van der Waals surface area contributed by atoms with Gasteiger partial charge in [-0.2, -0.15) is 16.8 Å². The predicted molar refractivity (Wildman–Crippen MR) is 323 cm³/mol. The Morgan fingerprint density at radius 3 is 1.51 bits per heavy atom. The van der Waals surface area contributed by atoms with Gasteiger partial charge in [0.05, 0.1) is 32.5 Å². The van der Waals surface area contributed by atoms with E-state index in [1.54, 1.807) is 13.8 Å². The molecule has 85 heavy (non-hydrogen) atoms. The Hall–Kier alpha value is -2.87. The number of ether oxygens (including phenoxy) is 5. The molecule has 0 amide bonds. The highest BCUT2D eigenvalue weighted by Gasteiger charge is 2.66. The summed E-state index contributed by atoms with van der Waals surface area (Å²) in [5.74, 6) is 2.50. The van der Waals surface area contributed by atoms with Crippen molar-refractivity contribution in [2.75, 3.05) is 6.61 Å². The summed E-state index contributed by atoms with van der Waals surface area (Å²) in [5, 5.41) is 4.69. The topological polar surface area (TPSA) is 244 Å². The number of nitrogens with two attached hydrogens (primary N) is 1. The molecule has 8 unspecified atom stereocenters. The Balaban J connectivity index is 0.000000164. The molecule has 19 heteroatoms. The van der Waals surface area contributed by atoms with Gasteiger partial charge in [-0.05, 0) is 240 Å². The largest absolute Gasteiger partial charge is 0.459 e. The van der Waals surface area contributed by atoms with Crippen LogP contribution in [0.15, 0.2) is 0 Å². The molecule has 0 aromatic rings. The van der Waals surface area contributed by atoms with E-state index in [-0.39, 0.29) is 57.2 Å². The predicted octanol–water partition coefficient (Wildman–Crippen LogP) is 13.0. The maximum Gasteiger partial charge on any atom is 0.344 e. The van der Waals surface area contributed by atoms with Crippen molar-refractivity contribution in [3.63, 3.8) is 0 Å². The summed E-state index contributed by atoms with van der Waals surface area (Å²) in [7, 11) is -7.54. The molecule has 12 aliphatic rings. The second-order valence-electron chi connectivity index (χ2n) is 31.8. The van der Waals surface area contributed by atoms with Crippen LogP contribution in [0.5, 0.6) is 0 Å². The first-order valence-electron chi connectivity index (χ1n) is 32.9. The lowest BCUT2D eigenvalue weighted by atomic mass is 9.45. The van der Waals surface area contributed by atoms with Gasteiger partial charge in [0.15, 0.2) is 6.61 Å². The molecule has 12 rings (SSSR count). The molecule has 2 N–H and O–H groups in total. The quantitative estimate of drug-likeness (QED) is 0.0718. The summed E-state index contributed by atoms with van der Waals surface area (Å²) in [6.07, 6.45) is 23.0. The van der Waals surface area contributed by atoms with Crippen molar-refractivity contribution in [2.24, 2.45) is 79.6 Å². The van der Waals surface area contributed by atoms with E-state index in [9.17, 15) is 40.8 Å². The van der Waals surface area contributed by atoms with E-state index < -0.39 is 78.5 Å². The number of rotatable bonds is 19. The molecule has 1 saturated heterocycles. The average molecular weight is 1240 g/mol. The van der Waals surface area contributed by atoms with Crippen LogP contribution in [0.2, 0.25) is 0 Å². The molecule has 11 aliphatic carbocycles. The highest BCUT2D eigenvalue weighted by molar-refractivity contribution is 7.87. The minimum Gasteiger partial charge on any atom is -0.459 e. The first-order valence-corrected chi connectivity index (χ1v) is 35.8. The van der Waals surface area contributed by atoms with E-state index in [0.717, 1.165) is 56.3 Å². The van der Waals surface area contributed by atoms with Crippen LogP contribution in [0.25, 0.3) is 0 Å². The van der Waals surface area contributed by atoms with Gasteiger partial charge < -0.3 is 23.7 Å². The van der Waals surface area contributed by atoms with Crippen molar-refractivity contribution in [1.29, 1.82) is 0 Å². The van der Waals surface area contributed by atoms with Crippen molar-refractivity contribution in [3.8, 4) is 0 Å². The summed E-state index contributed by atoms with van der Waals surface area (Å²) in [5.41, 5.74) is -3.58. The lowest BCUT2D eigenvalue weighted by Gasteiger charge is -2.62. The van der Waals surface area contributed by atoms with Crippen LogP contribution >= 0.6 is 0 Å². The standard InChI is InChI=1S/C20H34O2.C16H27NO5S.C15H22O7S.C15H28O2/c1-6-18(3,4)17(21)22-19(5,7-2)20-11-14-8-15(12-20)10-16(9-14)13-20;1-4-14(2,3)13(18)21-15-6-11-5-12(7-15)9-16(8-11,10-15)22-23(17,19)20;1-4-15(2,3)14(17)20-7-11(16)21-12-8-5-9-10(6-8)23(18,19)22-13(9)12;1-6-14(2,3)13(16)17-15(4,5)12-10-8-7-9-11-12/h14-16H,6-13H2,1-5H3;11-12H,4-10H2,1-3H3,(H2,17,19,20);8-10,12-13H,4-7H2,1-3H3;12H,6-11H2,1-5H3. The van der Waals surface area contributed by atoms with Crippen molar-refractivity contribution >= 4 is 50.3 Å². The van der Waals surface area contributed by atoms with Crippen LogP contribution in [0, 0.1) is 74.4 Å². The fraction of sp³-hybridized carbons (Fsp3) is 0.924. The van der Waals surface area contributed by atoms with E-state index in [2.05, 4.69) is 34.6 Å². The lowest BCUT2D eigenvalue weighted by Crippen LogP contribution is -2.62. The summed E-state index contributed by atoms with van der Waals surface area (Å²) < 4.78 is 85.5. The third-order valence-electron chi connectivity index (χ3n) is 23.4. The average Bonchev–Trinajstić information content (AvgIpc) is 1.68. The Kier molecular flexibility index (Phi) is 20.8. The van der Waals surface area contributed by atoms with Crippen molar-refractivity contribution in [2.45, 2.75) is 305 Å². The molecule has 8 atom stereocenters. The van der Waals surface area contributed by atoms with Crippen LogP contribution in [-0.2, 0) is 76.4 Å². The molecule has 17 nitrogen and oxygen atoms in total. The van der Waals surface area contributed by atoms with Crippen LogP contribution in [0.4, 0.5) is 0 Å². The second kappa shape index (κ2) is 25.4. The summed E-state index contributed by atoms with van der Waals surface area (Å²) in [4.78, 5) is 61.2. The molecule has 0 spiro atoms. The summed E-state index contributed by atoms with van der Waals surface area (Å²) in [6, 6.07) is 0. The van der Waals surface area contributed by atoms with E-state index in [1.807, 2.05) is 62.3 Å². The number of fused-ring (bicyclic) bond motifs is 1. The van der Waals surface area contributed by atoms with E-state index in [1.165, 1.54) is 70.6 Å². The Morgan fingerprint density at radius 2 is 1.02 bits per heavy atom. The summed E-state index contributed by atoms with van der Waals surface area (Å²) in [6.45, 7) is 31.3. The maximum atomic E-state index is 12.7. The van der Waals surface area contributed by atoms with Gasteiger partial charge in [-0.25, -0.2) is 9.93 Å². The van der Waals surface area contributed by atoms with Gasteiger partial charge in [0.25, 0.3) is 10.1 Å². The molecule has 488 valence electrons. The number of hydrogen-bond donors (Lipinski definition) is 1. The SMILES string of the molecule is CCC(C)(C)C(=O)OC(C)(C)C1CCCCC1.CCC(C)(C)C(=O)OC(C)(CC)C12CC3CC(CC(C3)C1)C2.CCC(C)(C)C(=O)OC12CC3CC(C1)CC(OS(N)(=O)=O)(C3)C2.CCC(C)(C)C(=O)OCC(=O)OC1C2CC3C1OS(=O)(=O)C3C2. The third kappa shape index (κ3) is 15.5. The van der Waals surface area contributed by atoms with Crippen molar-refractivity contribution in [3.05, 3.63) is 0 Å².